The lowest BCUT2D eigenvalue weighted by atomic mass is 10.0. The van der Waals surface area contributed by atoms with Gasteiger partial charge in [0.1, 0.15) is 5.82 Å². The molecular weight excluding hydrogens is 450 g/mol. The molecule has 2 aromatic rings. The van der Waals surface area contributed by atoms with Gasteiger partial charge < -0.3 is 15.1 Å². The molecule has 1 aliphatic heterocycles. The average molecular weight is 473 g/mol. The van der Waals surface area contributed by atoms with Crippen LogP contribution in [0.15, 0.2) is 47.4 Å². The highest BCUT2D eigenvalue weighted by molar-refractivity contribution is 7.92. The number of benzene rings is 2. The van der Waals surface area contributed by atoms with Gasteiger partial charge in [-0.05, 0) is 56.4 Å². The minimum Gasteiger partial charge on any atom is -0.369 e. The molecule has 1 saturated heterocycles. The van der Waals surface area contributed by atoms with Gasteiger partial charge in [-0.25, -0.2) is 12.8 Å². The number of halogens is 4. The molecule has 0 aromatic heterocycles. The summed E-state index contributed by atoms with van der Waals surface area (Å²) in [5.74, 6) is -1.08. The van der Waals surface area contributed by atoms with Gasteiger partial charge in [-0.15, -0.1) is 0 Å². The summed E-state index contributed by atoms with van der Waals surface area (Å²) in [6, 6.07) is 7.24. The number of nitrogens with zero attached hydrogens (tertiary/aromatic N) is 2. The molecule has 0 saturated carbocycles. The third-order valence-corrected chi connectivity index (χ3v) is 6.88. The fourth-order valence-electron chi connectivity index (χ4n) is 3.48. The first-order chi connectivity index (χ1) is 14.9. The van der Waals surface area contributed by atoms with Crippen molar-refractivity contribution < 1.29 is 30.8 Å². The highest BCUT2D eigenvalue weighted by Crippen LogP contribution is 2.31. The first kappa shape index (κ1) is 24.0. The van der Waals surface area contributed by atoms with E-state index in [9.17, 15) is 30.8 Å². The minimum atomic E-state index is -5.49. The Hall–Kier alpha value is -2.66. The van der Waals surface area contributed by atoms with E-state index in [1.54, 1.807) is 13.0 Å². The van der Waals surface area contributed by atoms with E-state index in [0.29, 0.717) is 5.56 Å². The van der Waals surface area contributed by atoms with Crippen LogP contribution in [-0.2, 0) is 9.84 Å². The van der Waals surface area contributed by atoms with Gasteiger partial charge in [0.25, 0.3) is 15.7 Å². The number of likely N-dealkylation sites (N-methyl/N-ethyl adjacent to an activating group) is 1. The Morgan fingerprint density at radius 2 is 1.62 bits per heavy atom. The first-order valence-electron chi connectivity index (χ1n) is 9.85. The van der Waals surface area contributed by atoms with Crippen LogP contribution in [-0.4, -0.2) is 58.0 Å². The van der Waals surface area contributed by atoms with Crippen molar-refractivity contribution in [3.8, 4) is 0 Å². The molecule has 1 amide bonds. The molecule has 0 radical (unpaired) electrons. The van der Waals surface area contributed by atoms with Crippen molar-refractivity contribution in [2.75, 3.05) is 38.1 Å². The maximum Gasteiger partial charge on any atom is 0.501 e. The molecule has 6 nitrogen and oxygen atoms in total. The molecule has 1 aliphatic rings. The largest absolute Gasteiger partial charge is 0.501 e. The van der Waals surface area contributed by atoms with Crippen LogP contribution < -0.4 is 10.2 Å². The molecular formula is C21H23F4N3O3S. The summed E-state index contributed by atoms with van der Waals surface area (Å²) >= 11 is 0. The Morgan fingerprint density at radius 3 is 2.19 bits per heavy atom. The quantitative estimate of drug-likeness (QED) is 0.675. The van der Waals surface area contributed by atoms with Crippen LogP contribution in [0.2, 0.25) is 0 Å². The van der Waals surface area contributed by atoms with Crippen LogP contribution in [0.5, 0.6) is 0 Å². The summed E-state index contributed by atoms with van der Waals surface area (Å²) in [5.41, 5.74) is -4.09. The topological polar surface area (TPSA) is 69.7 Å². The van der Waals surface area contributed by atoms with Crippen molar-refractivity contribution in [3.05, 3.63) is 59.4 Å². The van der Waals surface area contributed by atoms with Crippen molar-refractivity contribution in [1.29, 1.82) is 0 Å². The summed E-state index contributed by atoms with van der Waals surface area (Å²) < 4.78 is 74.9. The van der Waals surface area contributed by atoms with Crippen LogP contribution in [0.4, 0.5) is 23.2 Å². The molecule has 0 aliphatic carbocycles. The zero-order valence-corrected chi connectivity index (χ0v) is 18.3. The number of rotatable bonds is 5. The molecule has 2 aromatic carbocycles. The van der Waals surface area contributed by atoms with E-state index in [1.165, 1.54) is 12.1 Å². The molecule has 1 N–H and O–H groups in total. The molecule has 1 heterocycles. The Morgan fingerprint density at radius 1 is 1.03 bits per heavy atom. The third-order valence-electron chi connectivity index (χ3n) is 5.38. The maximum absolute atomic E-state index is 14.0. The molecule has 0 spiro atoms. The van der Waals surface area contributed by atoms with E-state index in [0.717, 1.165) is 56.1 Å². The maximum atomic E-state index is 14.0. The van der Waals surface area contributed by atoms with Gasteiger partial charge in [0, 0.05) is 43.0 Å². The van der Waals surface area contributed by atoms with Crippen molar-refractivity contribution in [2.24, 2.45) is 0 Å². The van der Waals surface area contributed by atoms with E-state index in [2.05, 4.69) is 15.1 Å². The van der Waals surface area contributed by atoms with Gasteiger partial charge in [0.15, 0.2) is 0 Å². The number of piperazine rings is 1. The van der Waals surface area contributed by atoms with Crippen LogP contribution in [0.25, 0.3) is 0 Å². The summed E-state index contributed by atoms with van der Waals surface area (Å²) in [5, 5.41) is 2.70. The van der Waals surface area contributed by atoms with E-state index < -0.39 is 38.0 Å². The lowest BCUT2D eigenvalue weighted by Gasteiger charge is -2.36. The van der Waals surface area contributed by atoms with Gasteiger partial charge in [0.2, 0.25) is 0 Å². The number of sulfone groups is 1. The number of amides is 1. The summed E-state index contributed by atoms with van der Waals surface area (Å²) in [6.45, 7) is 4.83. The highest BCUT2D eigenvalue weighted by Gasteiger charge is 2.46. The lowest BCUT2D eigenvalue weighted by Crippen LogP contribution is -2.45. The molecule has 3 rings (SSSR count). The molecule has 1 unspecified atom stereocenters. The molecule has 11 heteroatoms. The zero-order valence-electron chi connectivity index (χ0n) is 17.5. The van der Waals surface area contributed by atoms with Gasteiger partial charge in [-0.1, -0.05) is 0 Å². The predicted molar refractivity (Wildman–Crippen MR) is 112 cm³/mol. The third kappa shape index (κ3) is 5.04. The Balaban J connectivity index is 1.78. The molecule has 1 atom stereocenters. The van der Waals surface area contributed by atoms with Gasteiger partial charge in [-0.2, -0.15) is 13.2 Å². The SMILES string of the molecule is CC(NC(=O)c1ccc(S(=O)(=O)C(F)(F)F)cc1)c1cc(F)ccc1N1CCN(C)CC1. The second-order valence-corrected chi connectivity index (χ2v) is 9.60. The lowest BCUT2D eigenvalue weighted by molar-refractivity contribution is -0.0436. The van der Waals surface area contributed by atoms with Crippen LogP contribution in [0.1, 0.15) is 28.9 Å². The molecule has 0 bridgehead atoms. The van der Waals surface area contributed by atoms with Crippen molar-refractivity contribution in [3.63, 3.8) is 0 Å². The van der Waals surface area contributed by atoms with E-state index in [-0.39, 0.29) is 5.56 Å². The minimum absolute atomic E-state index is 0.0180. The summed E-state index contributed by atoms with van der Waals surface area (Å²) in [6.07, 6.45) is 0. The number of hydrogen-bond acceptors (Lipinski definition) is 5. The standard InChI is InChI=1S/C21H23F4N3O3S/c1-14(18-13-16(22)5-8-19(18)28-11-9-27(2)10-12-28)26-20(29)15-3-6-17(7-4-15)32(30,31)21(23,24)25/h3-8,13-14H,9-12H2,1-2H3,(H,26,29). The van der Waals surface area contributed by atoms with Gasteiger partial charge >= 0.3 is 5.51 Å². The smallest absolute Gasteiger partial charge is 0.369 e. The predicted octanol–water partition coefficient (Wildman–Crippen LogP) is 3.36. The number of hydrogen-bond donors (Lipinski definition) is 1. The molecule has 32 heavy (non-hydrogen) atoms. The van der Waals surface area contributed by atoms with E-state index in [1.807, 2.05) is 7.05 Å². The highest BCUT2D eigenvalue weighted by atomic mass is 32.2. The van der Waals surface area contributed by atoms with Crippen molar-refractivity contribution >= 4 is 21.4 Å². The second-order valence-electron chi connectivity index (χ2n) is 7.66. The van der Waals surface area contributed by atoms with E-state index >= 15 is 0 Å². The average Bonchev–Trinajstić information content (AvgIpc) is 2.73. The van der Waals surface area contributed by atoms with Crippen molar-refractivity contribution in [1.82, 2.24) is 10.2 Å². The number of nitrogens with one attached hydrogen (secondary N) is 1. The van der Waals surface area contributed by atoms with Crippen LogP contribution in [0.3, 0.4) is 0 Å². The Bertz CT molecular complexity index is 1080. The Labute approximate surface area is 183 Å². The van der Waals surface area contributed by atoms with Crippen molar-refractivity contribution in [2.45, 2.75) is 23.4 Å². The van der Waals surface area contributed by atoms with Gasteiger partial charge in [-0.3, -0.25) is 4.79 Å². The first-order valence-corrected chi connectivity index (χ1v) is 11.3. The van der Waals surface area contributed by atoms with Crippen LogP contribution >= 0.6 is 0 Å². The zero-order chi connectivity index (χ0) is 23.7. The second kappa shape index (κ2) is 9.07. The Kier molecular flexibility index (Phi) is 6.80. The fourth-order valence-corrected chi connectivity index (χ4v) is 4.25. The fraction of sp³-hybridized carbons (Fsp3) is 0.381. The van der Waals surface area contributed by atoms with Crippen LogP contribution in [0, 0.1) is 5.82 Å². The van der Waals surface area contributed by atoms with Gasteiger partial charge in [0.05, 0.1) is 10.9 Å². The molecule has 174 valence electrons. The summed E-state index contributed by atoms with van der Waals surface area (Å²) in [4.78, 5) is 15.9. The number of anilines is 1. The number of alkyl halides is 3. The number of carbonyl (C=O) groups excluding carboxylic acids is 1. The monoisotopic (exact) mass is 473 g/mol. The number of carbonyl (C=O) groups is 1. The molecule has 1 fully saturated rings. The normalized spacial score (nSPS) is 16.6. The van der Waals surface area contributed by atoms with E-state index in [4.69, 9.17) is 0 Å². The summed E-state index contributed by atoms with van der Waals surface area (Å²) in [7, 11) is -3.48.